The first-order chi connectivity index (χ1) is 11.7. The normalized spacial score (nSPS) is 11.1. The summed E-state index contributed by atoms with van der Waals surface area (Å²) in [4.78, 5) is 22.4. The summed E-state index contributed by atoms with van der Waals surface area (Å²) in [6.45, 7) is 0.289. The van der Waals surface area contributed by atoms with Crippen molar-refractivity contribution in [3.8, 4) is 0 Å². The SMILES string of the molecule is NS(=O)(=O)c1ccc(CCNC(=O)c2ccc(Br)c([N+](=O)[O-])c2)cc1. The number of hydrogen-bond acceptors (Lipinski definition) is 5. The van der Waals surface area contributed by atoms with Crippen LogP contribution in [-0.2, 0) is 16.4 Å². The molecular weight excluding hydrogens is 414 g/mol. The van der Waals surface area contributed by atoms with E-state index in [2.05, 4.69) is 21.2 Å². The fourth-order valence-corrected chi connectivity index (χ4v) is 2.97. The molecule has 2 rings (SSSR count). The van der Waals surface area contributed by atoms with Crippen LogP contribution < -0.4 is 10.5 Å². The smallest absolute Gasteiger partial charge is 0.284 e. The number of nitrogens with zero attached hydrogens (tertiary/aromatic N) is 1. The molecule has 0 fully saturated rings. The Bertz CT molecular complexity index is 913. The van der Waals surface area contributed by atoms with E-state index in [0.717, 1.165) is 5.56 Å². The average Bonchev–Trinajstić information content (AvgIpc) is 2.54. The molecule has 132 valence electrons. The van der Waals surface area contributed by atoms with Gasteiger partial charge in [-0.1, -0.05) is 12.1 Å². The van der Waals surface area contributed by atoms with Crippen LogP contribution in [0.15, 0.2) is 51.8 Å². The lowest BCUT2D eigenvalue weighted by Gasteiger charge is -2.06. The van der Waals surface area contributed by atoms with Gasteiger partial charge in [-0.05, 0) is 52.2 Å². The average molecular weight is 428 g/mol. The number of nitro benzene ring substituents is 1. The number of benzene rings is 2. The van der Waals surface area contributed by atoms with E-state index in [0.29, 0.717) is 10.9 Å². The summed E-state index contributed by atoms with van der Waals surface area (Å²) in [5.74, 6) is -0.434. The molecule has 0 heterocycles. The van der Waals surface area contributed by atoms with E-state index >= 15 is 0 Å². The van der Waals surface area contributed by atoms with E-state index in [-0.39, 0.29) is 22.7 Å². The lowest BCUT2D eigenvalue weighted by molar-refractivity contribution is -0.385. The first-order valence-corrected chi connectivity index (χ1v) is 9.36. The first-order valence-electron chi connectivity index (χ1n) is 7.02. The molecule has 25 heavy (non-hydrogen) atoms. The first kappa shape index (κ1) is 19.0. The number of carbonyl (C=O) groups excluding carboxylic acids is 1. The highest BCUT2D eigenvalue weighted by Crippen LogP contribution is 2.25. The largest absolute Gasteiger partial charge is 0.352 e. The molecule has 0 saturated heterocycles. The molecule has 2 aromatic rings. The minimum absolute atomic E-state index is 0.0162. The minimum atomic E-state index is -3.73. The second-order valence-electron chi connectivity index (χ2n) is 5.12. The molecule has 8 nitrogen and oxygen atoms in total. The summed E-state index contributed by atoms with van der Waals surface area (Å²) in [7, 11) is -3.73. The molecule has 0 aromatic heterocycles. The van der Waals surface area contributed by atoms with Crippen LogP contribution in [0.4, 0.5) is 5.69 Å². The molecule has 0 unspecified atom stereocenters. The molecule has 1 amide bonds. The summed E-state index contributed by atoms with van der Waals surface area (Å²) in [6.07, 6.45) is 0.468. The van der Waals surface area contributed by atoms with Crippen LogP contribution in [0.25, 0.3) is 0 Å². The Labute approximate surface area is 152 Å². The van der Waals surface area contributed by atoms with Gasteiger partial charge in [0.05, 0.1) is 14.3 Å². The third-order valence-corrected chi connectivity index (χ3v) is 4.96. The predicted octanol–water partition coefficient (Wildman–Crippen LogP) is 1.98. The maximum atomic E-state index is 12.1. The molecule has 0 spiro atoms. The van der Waals surface area contributed by atoms with E-state index in [1.165, 1.54) is 30.3 Å². The Morgan fingerprint density at radius 1 is 1.20 bits per heavy atom. The second kappa shape index (κ2) is 7.72. The van der Waals surface area contributed by atoms with Crippen LogP contribution in [0.2, 0.25) is 0 Å². The number of primary sulfonamides is 1. The molecule has 0 atom stereocenters. The number of hydrogen-bond donors (Lipinski definition) is 2. The second-order valence-corrected chi connectivity index (χ2v) is 7.53. The van der Waals surface area contributed by atoms with Crippen molar-refractivity contribution >= 4 is 37.5 Å². The van der Waals surface area contributed by atoms with Crippen molar-refractivity contribution in [2.75, 3.05) is 6.54 Å². The fourth-order valence-electron chi connectivity index (χ4n) is 2.06. The maximum absolute atomic E-state index is 12.1. The van der Waals surface area contributed by atoms with Gasteiger partial charge < -0.3 is 5.32 Å². The Morgan fingerprint density at radius 3 is 2.40 bits per heavy atom. The molecule has 0 bridgehead atoms. The van der Waals surface area contributed by atoms with E-state index < -0.39 is 20.9 Å². The van der Waals surface area contributed by atoms with Crippen LogP contribution in [0.3, 0.4) is 0 Å². The lowest BCUT2D eigenvalue weighted by Crippen LogP contribution is -2.25. The zero-order chi connectivity index (χ0) is 18.6. The number of halogens is 1. The molecule has 0 saturated carbocycles. The van der Waals surface area contributed by atoms with Crippen molar-refractivity contribution in [2.45, 2.75) is 11.3 Å². The zero-order valence-corrected chi connectivity index (χ0v) is 15.2. The molecule has 0 radical (unpaired) electrons. The highest BCUT2D eigenvalue weighted by atomic mass is 79.9. The van der Waals surface area contributed by atoms with Gasteiger partial charge in [0.15, 0.2) is 0 Å². The summed E-state index contributed by atoms with van der Waals surface area (Å²) in [5, 5.41) is 18.6. The number of sulfonamides is 1. The summed E-state index contributed by atoms with van der Waals surface area (Å²) >= 11 is 3.06. The van der Waals surface area contributed by atoms with Crippen LogP contribution in [-0.4, -0.2) is 25.8 Å². The van der Waals surface area contributed by atoms with E-state index in [4.69, 9.17) is 5.14 Å². The Kier molecular flexibility index (Phi) is 5.88. The van der Waals surface area contributed by atoms with E-state index in [9.17, 15) is 23.3 Å². The van der Waals surface area contributed by atoms with Crippen molar-refractivity contribution in [3.63, 3.8) is 0 Å². The van der Waals surface area contributed by atoms with Crippen molar-refractivity contribution in [3.05, 3.63) is 68.2 Å². The number of nitrogens with two attached hydrogens (primary N) is 1. The highest BCUT2D eigenvalue weighted by molar-refractivity contribution is 9.10. The van der Waals surface area contributed by atoms with Crippen molar-refractivity contribution in [1.82, 2.24) is 5.32 Å². The monoisotopic (exact) mass is 427 g/mol. The minimum Gasteiger partial charge on any atom is -0.352 e. The fraction of sp³-hybridized carbons (Fsp3) is 0.133. The van der Waals surface area contributed by atoms with Gasteiger partial charge in [-0.15, -0.1) is 0 Å². The number of nitrogens with one attached hydrogen (secondary N) is 1. The van der Waals surface area contributed by atoms with Gasteiger partial charge >= 0.3 is 0 Å². The highest BCUT2D eigenvalue weighted by Gasteiger charge is 2.15. The van der Waals surface area contributed by atoms with Gasteiger partial charge in [0, 0.05) is 18.2 Å². The van der Waals surface area contributed by atoms with Gasteiger partial charge in [0.2, 0.25) is 10.0 Å². The van der Waals surface area contributed by atoms with Crippen LogP contribution in [0, 0.1) is 10.1 Å². The third kappa shape index (κ3) is 5.08. The molecule has 0 aliphatic carbocycles. The van der Waals surface area contributed by atoms with Crippen LogP contribution in [0.1, 0.15) is 15.9 Å². The molecule has 10 heteroatoms. The van der Waals surface area contributed by atoms with Gasteiger partial charge in [-0.3, -0.25) is 14.9 Å². The lowest BCUT2D eigenvalue weighted by atomic mass is 10.1. The summed E-state index contributed by atoms with van der Waals surface area (Å²) in [5.41, 5.74) is 0.806. The molecule has 0 aliphatic heterocycles. The zero-order valence-electron chi connectivity index (χ0n) is 12.8. The van der Waals surface area contributed by atoms with Gasteiger partial charge in [-0.25, -0.2) is 13.6 Å². The molecule has 0 aliphatic rings. The predicted molar refractivity (Wildman–Crippen MR) is 94.6 cm³/mol. The molecule has 3 N–H and O–H groups in total. The van der Waals surface area contributed by atoms with Gasteiger partial charge in [-0.2, -0.15) is 0 Å². The maximum Gasteiger partial charge on any atom is 0.284 e. The summed E-state index contributed by atoms with van der Waals surface area (Å²) < 4.78 is 22.6. The van der Waals surface area contributed by atoms with Crippen molar-refractivity contribution in [2.24, 2.45) is 5.14 Å². The summed E-state index contributed by atoms with van der Waals surface area (Å²) in [6, 6.07) is 10.1. The number of rotatable bonds is 6. The van der Waals surface area contributed by atoms with Gasteiger partial charge in [0.1, 0.15) is 0 Å². The number of amides is 1. The topological polar surface area (TPSA) is 132 Å². The Hall–Kier alpha value is -2.30. The van der Waals surface area contributed by atoms with Crippen LogP contribution in [0.5, 0.6) is 0 Å². The molecular formula is C15H14BrN3O5S. The van der Waals surface area contributed by atoms with Crippen molar-refractivity contribution < 1.29 is 18.1 Å². The standard InChI is InChI=1S/C15H14BrN3O5S/c16-13-6-3-11(9-14(13)19(21)22)15(20)18-8-7-10-1-4-12(5-2-10)25(17,23)24/h1-6,9H,7-8H2,(H,18,20)(H2,17,23,24). The van der Waals surface area contributed by atoms with E-state index in [1.807, 2.05) is 0 Å². The molecule has 2 aromatic carbocycles. The third-order valence-electron chi connectivity index (χ3n) is 3.36. The number of carbonyl (C=O) groups is 1. The van der Waals surface area contributed by atoms with Crippen LogP contribution >= 0.6 is 15.9 Å². The van der Waals surface area contributed by atoms with E-state index in [1.54, 1.807) is 12.1 Å². The number of nitro groups is 1. The quantitative estimate of drug-likeness (QED) is 0.536. The Morgan fingerprint density at radius 2 is 1.84 bits per heavy atom. The Balaban J connectivity index is 1.97. The van der Waals surface area contributed by atoms with Crippen molar-refractivity contribution in [1.29, 1.82) is 0 Å². The van der Waals surface area contributed by atoms with Gasteiger partial charge in [0.25, 0.3) is 11.6 Å².